The third-order valence-electron chi connectivity index (χ3n) is 6.75. The first-order valence-corrected chi connectivity index (χ1v) is 13.0. The molecule has 0 saturated carbocycles. The molecule has 1 fully saturated rings. The number of fused-ring (bicyclic) bond motifs is 1. The second-order valence-corrected chi connectivity index (χ2v) is 10.2. The highest BCUT2D eigenvalue weighted by Crippen LogP contribution is 2.32. The lowest BCUT2D eigenvalue weighted by atomic mass is 9.89. The summed E-state index contributed by atoms with van der Waals surface area (Å²) in [6.07, 6.45) is 3.32. The van der Waals surface area contributed by atoms with Gasteiger partial charge in [-0.1, -0.05) is 36.0 Å². The Hall–Kier alpha value is -3.26. The highest BCUT2D eigenvalue weighted by molar-refractivity contribution is 7.99. The quantitative estimate of drug-likeness (QED) is 0.398. The fraction of sp³-hybridized carbons (Fsp3) is 0.370. The molecule has 1 saturated heterocycles. The summed E-state index contributed by atoms with van der Waals surface area (Å²) in [5.74, 6) is 0.630. The molecule has 0 radical (unpaired) electrons. The Morgan fingerprint density at radius 2 is 1.60 bits per heavy atom. The van der Waals surface area contributed by atoms with Crippen molar-refractivity contribution in [3.8, 4) is 0 Å². The summed E-state index contributed by atoms with van der Waals surface area (Å²) in [6, 6.07) is 13.9. The Morgan fingerprint density at radius 3 is 2.29 bits per heavy atom. The van der Waals surface area contributed by atoms with Gasteiger partial charge in [0.15, 0.2) is 5.16 Å². The van der Waals surface area contributed by atoms with E-state index in [9.17, 15) is 9.59 Å². The van der Waals surface area contributed by atoms with E-state index in [0.717, 1.165) is 29.9 Å². The van der Waals surface area contributed by atoms with Gasteiger partial charge >= 0.3 is 0 Å². The standard InChI is InChI=1S/C27H29N5O2S/c1-18-7-8-23(26(34)32-15-21-5-3-4-6-22(21)16-32)25(29-18)20-10-13-31(14-11-20)24(33)17-35-27-28-12-9-19(2)30-27/h3-9,12,20H,10-11,13-17H2,1-2H3. The number of aryl methyl sites for hydroxylation is 2. The monoisotopic (exact) mass is 487 g/mol. The number of carbonyl (C=O) groups excluding carboxylic acids is 2. The van der Waals surface area contributed by atoms with Crippen LogP contribution in [-0.2, 0) is 17.9 Å². The van der Waals surface area contributed by atoms with Gasteiger partial charge in [-0.15, -0.1) is 0 Å². The van der Waals surface area contributed by atoms with Crippen LogP contribution in [0.15, 0.2) is 53.8 Å². The molecule has 2 amide bonds. The van der Waals surface area contributed by atoms with Gasteiger partial charge in [0.2, 0.25) is 5.91 Å². The van der Waals surface area contributed by atoms with Crippen molar-refractivity contribution in [3.63, 3.8) is 0 Å². The maximum Gasteiger partial charge on any atom is 0.256 e. The van der Waals surface area contributed by atoms with Crippen LogP contribution in [0.4, 0.5) is 0 Å². The van der Waals surface area contributed by atoms with E-state index in [4.69, 9.17) is 4.98 Å². The van der Waals surface area contributed by atoms with Crippen LogP contribution in [0, 0.1) is 13.8 Å². The first kappa shape index (κ1) is 23.5. The molecule has 0 atom stereocenters. The molecule has 35 heavy (non-hydrogen) atoms. The number of piperidine rings is 1. The summed E-state index contributed by atoms with van der Waals surface area (Å²) in [5, 5.41) is 0.629. The second-order valence-electron chi connectivity index (χ2n) is 9.24. The van der Waals surface area contributed by atoms with Gasteiger partial charge in [0, 0.05) is 49.7 Å². The molecule has 7 nitrogen and oxygen atoms in total. The zero-order valence-electron chi connectivity index (χ0n) is 20.1. The van der Waals surface area contributed by atoms with Crippen LogP contribution < -0.4 is 0 Å². The van der Waals surface area contributed by atoms with Crippen LogP contribution in [0.2, 0.25) is 0 Å². The summed E-state index contributed by atoms with van der Waals surface area (Å²) >= 11 is 1.37. The molecule has 0 unspecified atom stereocenters. The second kappa shape index (κ2) is 10.2. The van der Waals surface area contributed by atoms with Crippen molar-refractivity contribution in [2.75, 3.05) is 18.8 Å². The number of hydrogen-bond donors (Lipinski definition) is 0. The van der Waals surface area contributed by atoms with Gasteiger partial charge in [-0.2, -0.15) is 0 Å². The number of hydrogen-bond acceptors (Lipinski definition) is 6. The normalized spacial score (nSPS) is 15.8. The average Bonchev–Trinajstić information content (AvgIpc) is 3.31. The molecular weight excluding hydrogens is 458 g/mol. The first-order valence-electron chi connectivity index (χ1n) is 12.0. The number of rotatable bonds is 5. The Labute approximate surface area is 210 Å². The van der Waals surface area contributed by atoms with Crippen LogP contribution in [0.3, 0.4) is 0 Å². The minimum absolute atomic E-state index is 0.0387. The van der Waals surface area contributed by atoms with Crippen molar-refractivity contribution in [1.29, 1.82) is 0 Å². The average molecular weight is 488 g/mol. The van der Waals surface area contributed by atoms with E-state index in [0.29, 0.717) is 42.7 Å². The molecule has 5 rings (SSSR count). The summed E-state index contributed by atoms with van der Waals surface area (Å²) in [5.41, 5.74) is 5.80. The van der Waals surface area contributed by atoms with Crippen molar-refractivity contribution in [1.82, 2.24) is 24.8 Å². The molecule has 0 bridgehead atoms. The zero-order chi connectivity index (χ0) is 24.4. The molecule has 1 aromatic carbocycles. The number of pyridine rings is 1. The minimum atomic E-state index is 0.0387. The van der Waals surface area contributed by atoms with E-state index in [1.165, 1.54) is 22.9 Å². The largest absolute Gasteiger partial charge is 0.342 e. The van der Waals surface area contributed by atoms with Crippen LogP contribution in [0.1, 0.15) is 57.3 Å². The molecule has 0 N–H and O–H groups in total. The molecule has 3 aromatic rings. The molecule has 4 heterocycles. The molecule has 180 valence electrons. The van der Waals surface area contributed by atoms with E-state index in [-0.39, 0.29) is 17.7 Å². The SMILES string of the molecule is Cc1ccnc(SCC(=O)N2CCC(c3nc(C)ccc3C(=O)N3Cc4ccccc4C3)CC2)n1. The molecule has 2 aromatic heterocycles. The smallest absolute Gasteiger partial charge is 0.256 e. The molecular formula is C27H29N5O2S. The third-order valence-corrected chi connectivity index (χ3v) is 7.60. The summed E-state index contributed by atoms with van der Waals surface area (Å²) in [6.45, 7) is 6.48. The van der Waals surface area contributed by atoms with Crippen LogP contribution in [0.25, 0.3) is 0 Å². The first-order chi connectivity index (χ1) is 17.0. The topological polar surface area (TPSA) is 79.3 Å². The number of likely N-dealkylation sites (tertiary alicyclic amines) is 1. The lowest BCUT2D eigenvalue weighted by molar-refractivity contribution is -0.129. The van der Waals surface area contributed by atoms with Crippen LogP contribution in [-0.4, -0.2) is 55.4 Å². The maximum absolute atomic E-state index is 13.5. The Bertz CT molecular complexity index is 1230. The fourth-order valence-corrected chi connectivity index (χ4v) is 5.61. The van der Waals surface area contributed by atoms with Gasteiger partial charge in [0.1, 0.15) is 0 Å². The predicted molar refractivity (Wildman–Crippen MR) is 135 cm³/mol. The van der Waals surface area contributed by atoms with E-state index >= 15 is 0 Å². The van der Waals surface area contributed by atoms with Crippen molar-refractivity contribution in [3.05, 3.63) is 82.4 Å². The van der Waals surface area contributed by atoms with Gasteiger partial charge in [0.25, 0.3) is 5.91 Å². The molecule has 2 aliphatic rings. The van der Waals surface area contributed by atoms with Crippen molar-refractivity contribution in [2.24, 2.45) is 0 Å². The van der Waals surface area contributed by atoms with Gasteiger partial charge in [-0.25, -0.2) is 9.97 Å². The summed E-state index contributed by atoms with van der Waals surface area (Å²) < 4.78 is 0. The number of aromatic nitrogens is 3. The lowest BCUT2D eigenvalue weighted by Crippen LogP contribution is -2.39. The number of benzene rings is 1. The molecule has 0 aliphatic carbocycles. The highest BCUT2D eigenvalue weighted by atomic mass is 32.2. The van der Waals surface area contributed by atoms with Crippen molar-refractivity contribution in [2.45, 2.75) is 50.9 Å². The van der Waals surface area contributed by atoms with E-state index in [1.54, 1.807) is 6.20 Å². The van der Waals surface area contributed by atoms with Gasteiger partial charge in [-0.3, -0.25) is 14.6 Å². The van der Waals surface area contributed by atoms with E-state index in [1.807, 2.05) is 54.0 Å². The lowest BCUT2D eigenvalue weighted by Gasteiger charge is -2.32. The van der Waals surface area contributed by atoms with Gasteiger partial charge in [0.05, 0.1) is 17.0 Å². The fourth-order valence-electron chi connectivity index (χ4n) is 4.83. The van der Waals surface area contributed by atoms with Crippen LogP contribution in [0.5, 0.6) is 0 Å². The zero-order valence-corrected chi connectivity index (χ0v) is 20.9. The van der Waals surface area contributed by atoms with Gasteiger partial charge < -0.3 is 9.80 Å². The number of amides is 2. The predicted octanol–water partition coefficient (Wildman–Crippen LogP) is 4.14. The maximum atomic E-state index is 13.5. The Balaban J connectivity index is 1.23. The van der Waals surface area contributed by atoms with Crippen molar-refractivity contribution >= 4 is 23.6 Å². The molecule has 0 spiro atoms. The number of nitrogens with zero attached hydrogens (tertiary/aromatic N) is 5. The Kier molecular flexibility index (Phi) is 6.81. The van der Waals surface area contributed by atoms with Crippen molar-refractivity contribution < 1.29 is 9.59 Å². The highest BCUT2D eigenvalue weighted by Gasteiger charge is 2.31. The van der Waals surface area contributed by atoms with E-state index < -0.39 is 0 Å². The van der Waals surface area contributed by atoms with Crippen LogP contribution >= 0.6 is 11.8 Å². The summed E-state index contributed by atoms with van der Waals surface area (Å²) in [4.78, 5) is 43.5. The molecule has 2 aliphatic heterocycles. The summed E-state index contributed by atoms with van der Waals surface area (Å²) in [7, 11) is 0. The minimum Gasteiger partial charge on any atom is -0.342 e. The molecule has 8 heteroatoms. The van der Waals surface area contributed by atoms with Gasteiger partial charge in [-0.05, 0) is 56.0 Å². The number of carbonyl (C=O) groups is 2. The third kappa shape index (κ3) is 5.22. The van der Waals surface area contributed by atoms with E-state index in [2.05, 4.69) is 22.1 Å². The number of thioether (sulfide) groups is 1. The Morgan fingerprint density at radius 1 is 0.914 bits per heavy atom.